The summed E-state index contributed by atoms with van der Waals surface area (Å²) in [5, 5.41) is 10.4. The number of methoxy groups -OCH3 is 1. The first-order valence-corrected chi connectivity index (χ1v) is 10.2. The summed E-state index contributed by atoms with van der Waals surface area (Å²) in [5.74, 6) is -1.64. The Kier molecular flexibility index (Phi) is 7.76. The number of halogens is 2. The van der Waals surface area contributed by atoms with Gasteiger partial charge in [0.05, 0.1) is 7.11 Å². The Morgan fingerprint density at radius 3 is 2.31 bits per heavy atom. The molecule has 1 aliphatic rings. The van der Waals surface area contributed by atoms with Crippen LogP contribution in [0.4, 0.5) is 8.78 Å². The third kappa shape index (κ3) is 5.80. The van der Waals surface area contributed by atoms with Crippen molar-refractivity contribution in [2.24, 2.45) is 0 Å². The van der Waals surface area contributed by atoms with E-state index in [2.05, 4.69) is 0 Å². The van der Waals surface area contributed by atoms with Crippen molar-refractivity contribution in [1.29, 1.82) is 0 Å². The van der Waals surface area contributed by atoms with Crippen LogP contribution in [-0.4, -0.2) is 79.1 Å². The van der Waals surface area contributed by atoms with E-state index < -0.39 is 17.7 Å². The number of amides is 1. The molecule has 0 aromatic heterocycles. The summed E-state index contributed by atoms with van der Waals surface area (Å²) in [7, 11) is 1.48. The number of hydrogen-bond donors (Lipinski definition) is 1. The molecule has 1 N–H and O–H groups in total. The average Bonchev–Trinajstić information content (AvgIpc) is 2.79. The molecule has 9 heteroatoms. The maximum absolute atomic E-state index is 13.4. The lowest BCUT2D eigenvalue weighted by molar-refractivity contribution is 0.0399. The van der Waals surface area contributed by atoms with Gasteiger partial charge in [-0.2, -0.15) is 0 Å². The number of ether oxygens (including phenoxy) is 2. The molecule has 2 aromatic rings. The molecule has 1 atom stereocenters. The Hall–Kier alpha value is -3.04. The fourth-order valence-corrected chi connectivity index (χ4v) is 3.49. The number of benzene rings is 2. The number of nitrogens with zero attached hydrogens (tertiary/aromatic N) is 2. The smallest absolute Gasteiger partial charge is 0.254 e. The zero-order valence-electron chi connectivity index (χ0n) is 18.0. The van der Waals surface area contributed by atoms with Crippen molar-refractivity contribution < 1.29 is 33.0 Å². The molecule has 172 valence electrons. The van der Waals surface area contributed by atoms with Gasteiger partial charge >= 0.3 is 0 Å². The van der Waals surface area contributed by atoms with Crippen LogP contribution in [0, 0.1) is 11.6 Å². The van der Waals surface area contributed by atoms with Crippen LogP contribution >= 0.6 is 0 Å². The Morgan fingerprint density at radius 2 is 1.69 bits per heavy atom. The molecule has 3 rings (SSSR count). The van der Waals surface area contributed by atoms with Gasteiger partial charge in [-0.3, -0.25) is 14.5 Å². The third-order valence-electron chi connectivity index (χ3n) is 5.30. The first-order chi connectivity index (χ1) is 15.3. The molecule has 1 aliphatic heterocycles. The van der Waals surface area contributed by atoms with Gasteiger partial charge in [0, 0.05) is 43.9 Å². The molecular weight excluding hydrogens is 422 g/mol. The lowest BCUT2D eigenvalue weighted by atomic mass is 10.1. The fraction of sp³-hybridized carbons (Fsp3) is 0.391. The van der Waals surface area contributed by atoms with Crippen molar-refractivity contribution in [2.45, 2.75) is 13.0 Å². The monoisotopic (exact) mass is 448 g/mol. The highest BCUT2D eigenvalue weighted by Crippen LogP contribution is 2.28. The molecule has 1 saturated heterocycles. The van der Waals surface area contributed by atoms with E-state index in [1.165, 1.54) is 20.1 Å². The van der Waals surface area contributed by atoms with E-state index in [1.807, 2.05) is 4.90 Å². The number of carbonyl (C=O) groups is 2. The van der Waals surface area contributed by atoms with Gasteiger partial charge in [-0.15, -0.1) is 0 Å². The summed E-state index contributed by atoms with van der Waals surface area (Å²) in [5.41, 5.74) is 0.612. The molecule has 1 fully saturated rings. The molecule has 1 heterocycles. The van der Waals surface area contributed by atoms with Gasteiger partial charge in [-0.1, -0.05) is 0 Å². The number of rotatable bonds is 8. The van der Waals surface area contributed by atoms with Gasteiger partial charge in [-0.25, -0.2) is 8.78 Å². The van der Waals surface area contributed by atoms with Gasteiger partial charge in [0.25, 0.3) is 5.91 Å². The maximum atomic E-state index is 13.4. The number of piperazine rings is 1. The topological polar surface area (TPSA) is 79.3 Å². The first-order valence-electron chi connectivity index (χ1n) is 10.2. The predicted octanol–water partition coefficient (Wildman–Crippen LogP) is 2.37. The lowest BCUT2D eigenvalue weighted by Crippen LogP contribution is -2.51. The highest BCUT2D eigenvalue weighted by atomic mass is 19.2. The van der Waals surface area contributed by atoms with Crippen molar-refractivity contribution in [2.75, 3.05) is 46.4 Å². The van der Waals surface area contributed by atoms with E-state index in [4.69, 9.17) is 9.47 Å². The minimum absolute atomic E-state index is 0.0315. The summed E-state index contributed by atoms with van der Waals surface area (Å²) in [6, 6.07) is 7.97. The molecule has 0 aliphatic carbocycles. The predicted molar refractivity (Wildman–Crippen MR) is 113 cm³/mol. The van der Waals surface area contributed by atoms with E-state index in [1.54, 1.807) is 23.1 Å². The number of carbonyl (C=O) groups excluding carboxylic acids is 2. The summed E-state index contributed by atoms with van der Waals surface area (Å²) >= 11 is 0. The largest absolute Gasteiger partial charge is 0.493 e. The quantitative estimate of drug-likeness (QED) is 0.625. The van der Waals surface area contributed by atoms with Gasteiger partial charge < -0.3 is 19.5 Å². The van der Waals surface area contributed by atoms with Crippen molar-refractivity contribution in [3.8, 4) is 11.5 Å². The molecule has 1 unspecified atom stereocenters. The van der Waals surface area contributed by atoms with E-state index in [9.17, 15) is 23.5 Å². The van der Waals surface area contributed by atoms with Crippen LogP contribution in [0.3, 0.4) is 0 Å². The number of aliphatic hydroxyl groups is 1. The van der Waals surface area contributed by atoms with Crippen LogP contribution in [0.1, 0.15) is 27.6 Å². The van der Waals surface area contributed by atoms with Crippen LogP contribution in [0.5, 0.6) is 11.5 Å². The molecule has 0 radical (unpaired) electrons. The number of hydrogen-bond acceptors (Lipinski definition) is 6. The van der Waals surface area contributed by atoms with E-state index in [0.717, 1.165) is 12.1 Å². The van der Waals surface area contributed by atoms with E-state index in [-0.39, 0.29) is 23.9 Å². The van der Waals surface area contributed by atoms with Crippen molar-refractivity contribution in [1.82, 2.24) is 9.80 Å². The first kappa shape index (κ1) is 23.6. The Labute approximate surface area is 185 Å². The zero-order chi connectivity index (χ0) is 23.3. The maximum Gasteiger partial charge on any atom is 0.254 e. The van der Waals surface area contributed by atoms with Crippen molar-refractivity contribution >= 4 is 11.7 Å². The molecule has 2 aromatic carbocycles. The van der Waals surface area contributed by atoms with Gasteiger partial charge in [0.1, 0.15) is 12.7 Å². The second kappa shape index (κ2) is 10.5. The van der Waals surface area contributed by atoms with Crippen LogP contribution in [0.2, 0.25) is 0 Å². The number of ketones is 1. The fourth-order valence-electron chi connectivity index (χ4n) is 3.49. The Bertz CT molecular complexity index is 977. The molecule has 32 heavy (non-hydrogen) atoms. The Balaban J connectivity index is 1.47. The second-order valence-corrected chi connectivity index (χ2v) is 7.61. The number of β-amino-alcohol motifs (C(OH)–C–C–N with tert-alkyl or cyclic N) is 1. The summed E-state index contributed by atoms with van der Waals surface area (Å²) < 4.78 is 37.4. The third-order valence-corrected chi connectivity index (χ3v) is 5.30. The normalized spacial score (nSPS) is 15.3. The zero-order valence-corrected chi connectivity index (χ0v) is 18.0. The number of aliphatic hydroxyl groups excluding tert-OH is 1. The van der Waals surface area contributed by atoms with Gasteiger partial charge in [-0.05, 0) is 43.3 Å². The molecule has 0 spiro atoms. The summed E-state index contributed by atoms with van der Waals surface area (Å²) in [6.45, 7) is 3.72. The minimum atomic E-state index is -1.05. The molecule has 1 amide bonds. The van der Waals surface area contributed by atoms with Crippen LogP contribution in [0.15, 0.2) is 36.4 Å². The van der Waals surface area contributed by atoms with Crippen LogP contribution in [-0.2, 0) is 0 Å². The highest BCUT2D eigenvalue weighted by molar-refractivity contribution is 5.95. The molecular formula is C23H26F2N2O5. The standard InChI is InChI=1S/C23H26F2N2O5/c1-15(28)16-4-6-21(22(12-16)31-2)32-14-18(29)13-26-7-9-27(10-8-26)23(30)17-3-5-19(24)20(25)11-17/h3-6,11-12,18,29H,7-10,13-14H2,1-2H3. The summed E-state index contributed by atoms with van der Waals surface area (Å²) in [6.07, 6.45) is -0.777. The van der Waals surface area contributed by atoms with E-state index in [0.29, 0.717) is 49.8 Å². The van der Waals surface area contributed by atoms with Crippen molar-refractivity contribution in [3.05, 3.63) is 59.2 Å². The second-order valence-electron chi connectivity index (χ2n) is 7.61. The molecule has 0 bridgehead atoms. The van der Waals surface area contributed by atoms with E-state index >= 15 is 0 Å². The van der Waals surface area contributed by atoms with Crippen LogP contribution < -0.4 is 9.47 Å². The molecule has 7 nitrogen and oxygen atoms in total. The lowest BCUT2D eigenvalue weighted by Gasteiger charge is -2.35. The van der Waals surface area contributed by atoms with Crippen LogP contribution in [0.25, 0.3) is 0 Å². The molecule has 0 saturated carbocycles. The minimum Gasteiger partial charge on any atom is -0.493 e. The average molecular weight is 448 g/mol. The SMILES string of the molecule is COc1cc(C(C)=O)ccc1OCC(O)CN1CCN(C(=O)c2ccc(F)c(F)c2)CC1. The number of Topliss-reactive ketones (excluding diaryl/α,β-unsaturated/α-hetero) is 1. The summed E-state index contributed by atoms with van der Waals surface area (Å²) in [4.78, 5) is 27.6. The van der Waals surface area contributed by atoms with Gasteiger partial charge in [0.2, 0.25) is 0 Å². The van der Waals surface area contributed by atoms with Gasteiger partial charge in [0.15, 0.2) is 28.9 Å². The van der Waals surface area contributed by atoms with Crippen molar-refractivity contribution in [3.63, 3.8) is 0 Å². The Morgan fingerprint density at radius 1 is 1.00 bits per heavy atom. The highest BCUT2D eigenvalue weighted by Gasteiger charge is 2.24.